The van der Waals surface area contributed by atoms with Gasteiger partial charge in [-0.25, -0.2) is 0 Å². The SMILES string of the molecule is CCOCCCCNC(=NC)NCCCC(=O)Nc1ccc(Cl)cc1.I. The summed E-state index contributed by atoms with van der Waals surface area (Å²) < 4.78 is 5.30. The molecule has 0 saturated heterocycles. The monoisotopic (exact) mass is 496 g/mol. The lowest BCUT2D eigenvalue weighted by atomic mass is 10.2. The third-order valence-electron chi connectivity index (χ3n) is 3.44. The van der Waals surface area contributed by atoms with Gasteiger partial charge in [0.15, 0.2) is 5.96 Å². The molecule has 8 heteroatoms. The summed E-state index contributed by atoms with van der Waals surface area (Å²) in [4.78, 5) is 16.0. The Balaban J connectivity index is 0.00000625. The Morgan fingerprint density at radius 2 is 1.77 bits per heavy atom. The number of anilines is 1. The van der Waals surface area contributed by atoms with Crippen LogP contribution >= 0.6 is 35.6 Å². The van der Waals surface area contributed by atoms with Gasteiger partial charge in [0, 0.05) is 50.5 Å². The van der Waals surface area contributed by atoms with Crippen LogP contribution in [0.1, 0.15) is 32.6 Å². The van der Waals surface area contributed by atoms with Gasteiger partial charge in [0.2, 0.25) is 5.91 Å². The number of guanidine groups is 1. The molecule has 0 saturated carbocycles. The van der Waals surface area contributed by atoms with E-state index in [4.69, 9.17) is 16.3 Å². The molecule has 0 heterocycles. The third kappa shape index (κ3) is 12.3. The number of unbranched alkanes of at least 4 members (excludes halogenated alkanes) is 1. The normalized spacial score (nSPS) is 10.8. The summed E-state index contributed by atoms with van der Waals surface area (Å²) in [7, 11) is 1.74. The van der Waals surface area contributed by atoms with Crippen LogP contribution in [-0.4, -0.2) is 45.2 Å². The summed E-state index contributed by atoms with van der Waals surface area (Å²) in [6.45, 7) is 5.10. The quantitative estimate of drug-likeness (QED) is 0.189. The number of nitrogens with one attached hydrogen (secondary N) is 3. The fraction of sp³-hybridized carbons (Fsp3) is 0.556. The number of carbonyl (C=O) groups is 1. The Kier molecular flexibility index (Phi) is 15.5. The molecule has 0 spiro atoms. The molecule has 0 aliphatic rings. The van der Waals surface area contributed by atoms with Crippen molar-refractivity contribution in [2.45, 2.75) is 32.6 Å². The van der Waals surface area contributed by atoms with Crippen molar-refractivity contribution in [3.05, 3.63) is 29.3 Å². The zero-order valence-electron chi connectivity index (χ0n) is 15.5. The molecule has 148 valence electrons. The van der Waals surface area contributed by atoms with E-state index in [1.807, 2.05) is 6.92 Å². The van der Waals surface area contributed by atoms with E-state index in [1.54, 1.807) is 31.3 Å². The maximum atomic E-state index is 11.9. The molecule has 1 aromatic rings. The van der Waals surface area contributed by atoms with Gasteiger partial charge in [0.25, 0.3) is 0 Å². The molecule has 26 heavy (non-hydrogen) atoms. The Bertz CT molecular complexity index is 526. The number of halogens is 2. The molecule has 3 N–H and O–H groups in total. The fourth-order valence-electron chi connectivity index (χ4n) is 2.11. The van der Waals surface area contributed by atoms with Crippen molar-refractivity contribution in [1.82, 2.24) is 10.6 Å². The minimum atomic E-state index is -0.0111. The molecular formula is C18H30ClIN4O2. The largest absolute Gasteiger partial charge is 0.382 e. The highest BCUT2D eigenvalue weighted by Crippen LogP contribution is 2.13. The van der Waals surface area contributed by atoms with E-state index in [1.165, 1.54) is 0 Å². The van der Waals surface area contributed by atoms with E-state index < -0.39 is 0 Å². The summed E-state index contributed by atoms with van der Waals surface area (Å²) in [5.74, 6) is 0.748. The van der Waals surface area contributed by atoms with Crippen LogP contribution in [0.15, 0.2) is 29.3 Å². The van der Waals surface area contributed by atoms with Gasteiger partial charge in [0.05, 0.1) is 0 Å². The number of aliphatic imine (C=N–C) groups is 1. The van der Waals surface area contributed by atoms with Crippen LogP contribution in [0.25, 0.3) is 0 Å². The topological polar surface area (TPSA) is 74.8 Å². The second-order valence-corrected chi connectivity index (χ2v) is 5.92. The first-order valence-corrected chi connectivity index (χ1v) is 9.11. The van der Waals surface area contributed by atoms with Crippen LogP contribution in [0.4, 0.5) is 5.69 Å². The summed E-state index contributed by atoms with van der Waals surface area (Å²) in [6, 6.07) is 7.08. The molecule has 6 nitrogen and oxygen atoms in total. The summed E-state index contributed by atoms with van der Waals surface area (Å²) in [6.07, 6.45) is 3.23. The first kappa shape index (κ1) is 24.9. The number of rotatable bonds is 11. The number of ether oxygens (including phenoxy) is 1. The molecule has 1 aromatic carbocycles. The highest BCUT2D eigenvalue weighted by Gasteiger charge is 2.03. The van der Waals surface area contributed by atoms with Gasteiger partial charge in [0.1, 0.15) is 0 Å². The Labute approximate surface area is 178 Å². The molecule has 0 fully saturated rings. The van der Waals surface area contributed by atoms with Crippen molar-refractivity contribution in [1.29, 1.82) is 0 Å². The number of hydrogen-bond donors (Lipinski definition) is 3. The predicted molar refractivity (Wildman–Crippen MR) is 120 cm³/mol. The Morgan fingerprint density at radius 3 is 2.38 bits per heavy atom. The molecule has 1 rings (SSSR count). The van der Waals surface area contributed by atoms with Gasteiger partial charge < -0.3 is 20.7 Å². The fourth-order valence-corrected chi connectivity index (χ4v) is 2.24. The second-order valence-electron chi connectivity index (χ2n) is 5.49. The number of benzene rings is 1. The highest BCUT2D eigenvalue weighted by atomic mass is 127. The van der Waals surface area contributed by atoms with Crippen LogP contribution in [0, 0.1) is 0 Å². The molecule has 0 aliphatic heterocycles. The van der Waals surface area contributed by atoms with Crippen molar-refractivity contribution in [2.24, 2.45) is 4.99 Å². The lowest BCUT2D eigenvalue weighted by Gasteiger charge is -2.12. The molecular weight excluding hydrogens is 467 g/mol. The standard InChI is InChI=1S/C18H29ClN4O2.HI/c1-3-25-14-5-4-12-21-18(20-2)22-13-6-7-17(24)23-16-10-8-15(19)9-11-16;/h8-11H,3-7,12-14H2,1-2H3,(H,23,24)(H2,20,21,22);1H. The van der Waals surface area contributed by atoms with Crippen LogP contribution in [0.5, 0.6) is 0 Å². The van der Waals surface area contributed by atoms with Gasteiger partial charge >= 0.3 is 0 Å². The molecule has 1 amide bonds. The van der Waals surface area contributed by atoms with E-state index in [9.17, 15) is 4.79 Å². The molecule has 0 aromatic heterocycles. The van der Waals surface area contributed by atoms with Crippen molar-refractivity contribution in [3.63, 3.8) is 0 Å². The lowest BCUT2D eigenvalue weighted by Crippen LogP contribution is -2.38. The molecule has 0 aliphatic carbocycles. The highest BCUT2D eigenvalue weighted by molar-refractivity contribution is 14.0. The minimum Gasteiger partial charge on any atom is -0.382 e. The summed E-state index contributed by atoms with van der Waals surface area (Å²) in [5, 5.41) is 9.96. The average Bonchev–Trinajstić information content (AvgIpc) is 2.61. The first-order valence-electron chi connectivity index (χ1n) is 8.73. The summed E-state index contributed by atoms with van der Waals surface area (Å²) >= 11 is 5.82. The van der Waals surface area contributed by atoms with Crippen LogP contribution < -0.4 is 16.0 Å². The number of nitrogens with zero attached hydrogens (tertiary/aromatic N) is 1. The average molecular weight is 497 g/mol. The van der Waals surface area contributed by atoms with Gasteiger partial charge in [-0.1, -0.05) is 11.6 Å². The van der Waals surface area contributed by atoms with Crippen molar-refractivity contribution < 1.29 is 9.53 Å². The molecule has 0 atom stereocenters. The van der Waals surface area contributed by atoms with Gasteiger partial charge in [-0.15, -0.1) is 24.0 Å². The van der Waals surface area contributed by atoms with E-state index >= 15 is 0 Å². The number of hydrogen-bond acceptors (Lipinski definition) is 3. The predicted octanol–water partition coefficient (Wildman–Crippen LogP) is 3.66. The van der Waals surface area contributed by atoms with Gasteiger partial charge in [-0.05, 0) is 50.5 Å². The van der Waals surface area contributed by atoms with E-state index in [2.05, 4.69) is 20.9 Å². The van der Waals surface area contributed by atoms with E-state index in [0.717, 1.165) is 50.7 Å². The van der Waals surface area contributed by atoms with Crippen LogP contribution in [0.3, 0.4) is 0 Å². The molecule has 0 unspecified atom stereocenters. The van der Waals surface area contributed by atoms with Crippen LogP contribution in [0.2, 0.25) is 5.02 Å². The zero-order chi connectivity index (χ0) is 18.3. The smallest absolute Gasteiger partial charge is 0.224 e. The lowest BCUT2D eigenvalue weighted by molar-refractivity contribution is -0.116. The maximum absolute atomic E-state index is 11.9. The molecule has 0 bridgehead atoms. The first-order chi connectivity index (χ1) is 12.2. The van der Waals surface area contributed by atoms with Crippen molar-refractivity contribution in [3.8, 4) is 0 Å². The molecule has 0 radical (unpaired) electrons. The Morgan fingerprint density at radius 1 is 1.12 bits per heavy atom. The number of amides is 1. The Hall–Kier alpha value is -1.06. The van der Waals surface area contributed by atoms with E-state index in [0.29, 0.717) is 18.0 Å². The van der Waals surface area contributed by atoms with Crippen molar-refractivity contribution >= 4 is 53.1 Å². The minimum absolute atomic E-state index is 0. The van der Waals surface area contributed by atoms with E-state index in [-0.39, 0.29) is 29.9 Å². The summed E-state index contributed by atoms with van der Waals surface area (Å²) in [5.41, 5.74) is 0.756. The third-order valence-corrected chi connectivity index (χ3v) is 3.69. The van der Waals surface area contributed by atoms with Crippen molar-refractivity contribution in [2.75, 3.05) is 38.7 Å². The van der Waals surface area contributed by atoms with Gasteiger partial charge in [-0.3, -0.25) is 9.79 Å². The van der Waals surface area contributed by atoms with Crippen LogP contribution in [-0.2, 0) is 9.53 Å². The maximum Gasteiger partial charge on any atom is 0.224 e. The second kappa shape index (κ2) is 16.1. The van der Waals surface area contributed by atoms with Gasteiger partial charge in [-0.2, -0.15) is 0 Å². The zero-order valence-corrected chi connectivity index (χ0v) is 18.6. The number of carbonyl (C=O) groups excluding carboxylic acids is 1.